The quantitative estimate of drug-likeness (QED) is 0.264. The summed E-state index contributed by atoms with van der Waals surface area (Å²) in [5.74, 6) is 1.97. The number of esters is 2. The van der Waals surface area contributed by atoms with Crippen molar-refractivity contribution in [3.05, 3.63) is 12.7 Å². The van der Waals surface area contributed by atoms with Gasteiger partial charge in [-0.2, -0.15) is 0 Å². The molecule has 0 aromatic heterocycles. The topological polar surface area (TPSA) is 55.8 Å². The Bertz CT molecular complexity index is 642. The summed E-state index contributed by atoms with van der Waals surface area (Å²) in [6.07, 6.45) is 12.3. The second kappa shape index (κ2) is 11.7. The molecule has 3 rings (SSSR count). The van der Waals surface area contributed by atoms with Gasteiger partial charge in [0.25, 0.3) is 0 Å². The van der Waals surface area contributed by atoms with Crippen LogP contribution in [-0.4, -0.2) is 49.2 Å². The number of carbonyl (C=O) groups is 2. The molecule has 0 spiro atoms. The van der Waals surface area contributed by atoms with Crippen LogP contribution in [0.25, 0.3) is 0 Å². The summed E-state index contributed by atoms with van der Waals surface area (Å²) in [4.78, 5) is 26.8. The molecular weight excluding hydrogens is 402 g/mol. The fourth-order valence-electron chi connectivity index (χ4n) is 7.06. The zero-order valence-corrected chi connectivity index (χ0v) is 20.7. The molecule has 182 valence electrons. The fourth-order valence-corrected chi connectivity index (χ4v) is 7.06. The van der Waals surface area contributed by atoms with Crippen molar-refractivity contribution in [2.45, 2.75) is 91.1 Å². The number of hydrogen-bond acceptors (Lipinski definition) is 5. The molecule has 5 heteroatoms. The third-order valence-corrected chi connectivity index (χ3v) is 8.66. The molecule has 32 heavy (non-hydrogen) atoms. The number of rotatable bonds is 14. The maximum absolute atomic E-state index is 12.6. The van der Waals surface area contributed by atoms with E-state index in [0.717, 1.165) is 26.1 Å². The average molecular weight is 448 g/mol. The Labute approximate surface area is 195 Å². The highest BCUT2D eigenvalue weighted by Crippen LogP contribution is 2.67. The standard InChI is InChI=1S/C27H45NO4/c1-5-8-15-28(16-9-6-2)17-13-25(30)31-19-27-14-12-21(18-27)26-22(10-11-23(26)27)20(4)32-24(29)7-3/h7,20-23,26H,3,5-6,8-19H2,1-2,4H3. The molecule has 2 bridgehead atoms. The first kappa shape index (κ1) is 25.3. The van der Waals surface area contributed by atoms with E-state index in [4.69, 9.17) is 9.47 Å². The number of fused-ring (bicyclic) bond motifs is 5. The SMILES string of the molecule is C=CC(=O)OC(C)C1CCC2C1C1CCC2(COC(=O)CCN(CCCC)CCCC)C1. The van der Waals surface area contributed by atoms with Crippen molar-refractivity contribution >= 4 is 11.9 Å². The highest BCUT2D eigenvalue weighted by molar-refractivity contribution is 5.81. The van der Waals surface area contributed by atoms with Crippen LogP contribution in [0.3, 0.4) is 0 Å². The molecule has 0 N–H and O–H groups in total. The van der Waals surface area contributed by atoms with Gasteiger partial charge in [-0.3, -0.25) is 4.79 Å². The van der Waals surface area contributed by atoms with Gasteiger partial charge >= 0.3 is 11.9 Å². The molecule has 0 radical (unpaired) electrons. The zero-order valence-electron chi connectivity index (χ0n) is 20.7. The van der Waals surface area contributed by atoms with Gasteiger partial charge in [-0.05, 0) is 88.6 Å². The fraction of sp³-hybridized carbons (Fsp3) is 0.852. The Morgan fingerprint density at radius 2 is 1.84 bits per heavy atom. The molecule has 0 aliphatic heterocycles. The highest BCUT2D eigenvalue weighted by Gasteiger charge is 2.62. The van der Waals surface area contributed by atoms with Crippen LogP contribution >= 0.6 is 0 Å². The zero-order chi connectivity index (χ0) is 23.1. The van der Waals surface area contributed by atoms with Crippen LogP contribution in [0.5, 0.6) is 0 Å². The van der Waals surface area contributed by atoms with Gasteiger partial charge in [0.15, 0.2) is 0 Å². The van der Waals surface area contributed by atoms with E-state index in [1.165, 1.54) is 57.4 Å². The summed E-state index contributed by atoms with van der Waals surface area (Å²) in [5, 5.41) is 0. The van der Waals surface area contributed by atoms with Gasteiger partial charge in [0.2, 0.25) is 0 Å². The Balaban J connectivity index is 1.50. The second-order valence-corrected chi connectivity index (χ2v) is 10.6. The summed E-state index contributed by atoms with van der Waals surface area (Å²) >= 11 is 0. The first-order valence-electron chi connectivity index (χ1n) is 13.1. The highest BCUT2D eigenvalue weighted by atomic mass is 16.5. The van der Waals surface area contributed by atoms with Crippen LogP contribution in [0.15, 0.2) is 12.7 Å². The van der Waals surface area contributed by atoms with E-state index in [1.807, 2.05) is 6.92 Å². The number of unbranched alkanes of at least 4 members (excludes halogenated alkanes) is 2. The van der Waals surface area contributed by atoms with Crippen molar-refractivity contribution in [1.82, 2.24) is 4.90 Å². The first-order valence-corrected chi connectivity index (χ1v) is 13.1. The minimum atomic E-state index is -0.320. The number of hydrogen-bond donors (Lipinski definition) is 0. The Morgan fingerprint density at radius 1 is 1.12 bits per heavy atom. The van der Waals surface area contributed by atoms with Gasteiger partial charge in [0.1, 0.15) is 6.10 Å². The van der Waals surface area contributed by atoms with Crippen molar-refractivity contribution in [2.24, 2.45) is 29.1 Å². The normalized spacial score (nSPS) is 31.5. The molecule has 6 unspecified atom stereocenters. The monoisotopic (exact) mass is 447 g/mol. The van der Waals surface area contributed by atoms with Crippen LogP contribution in [0, 0.1) is 29.1 Å². The van der Waals surface area contributed by atoms with Gasteiger partial charge in [0, 0.05) is 18.0 Å². The van der Waals surface area contributed by atoms with Crippen LogP contribution in [0.2, 0.25) is 0 Å². The van der Waals surface area contributed by atoms with E-state index in [-0.39, 0.29) is 23.5 Å². The third kappa shape index (κ3) is 5.76. The lowest BCUT2D eigenvalue weighted by Gasteiger charge is -2.37. The lowest BCUT2D eigenvalue weighted by Crippen LogP contribution is -2.36. The lowest BCUT2D eigenvalue weighted by atomic mass is 9.70. The van der Waals surface area contributed by atoms with Gasteiger partial charge in [0.05, 0.1) is 13.0 Å². The molecule has 3 aliphatic carbocycles. The van der Waals surface area contributed by atoms with Gasteiger partial charge in [-0.15, -0.1) is 0 Å². The molecule has 0 saturated heterocycles. The van der Waals surface area contributed by atoms with Crippen LogP contribution in [0.1, 0.15) is 85.0 Å². The summed E-state index contributed by atoms with van der Waals surface area (Å²) in [5.41, 5.74) is 0.159. The van der Waals surface area contributed by atoms with Gasteiger partial charge in [-0.1, -0.05) is 33.3 Å². The van der Waals surface area contributed by atoms with E-state index in [0.29, 0.717) is 36.7 Å². The Morgan fingerprint density at radius 3 is 2.50 bits per heavy atom. The predicted octanol–water partition coefficient (Wildman–Crippen LogP) is 5.38. The number of nitrogens with zero attached hydrogens (tertiary/aromatic N) is 1. The van der Waals surface area contributed by atoms with E-state index < -0.39 is 0 Å². The first-order chi connectivity index (χ1) is 15.4. The van der Waals surface area contributed by atoms with Gasteiger partial charge < -0.3 is 14.4 Å². The largest absolute Gasteiger partial charge is 0.465 e. The number of ether oxygens (including phenoxy) is 2. The van der Waals surface area contributed by atoms with Crippen molar-refractivity contribution < 1.29 is 19.1 Å². The molecule has 0 aromatic carbocycles. The third-order valence-electron chi connectivity index (χ3n) is 8.66. The molecular formula is C27H45NO4. The Kier molecular flexibility index (Phi) is 9.22. The molecule has 3 aliphatic rings. The Hall–Kier alpha value is -1.36. The van der Waals surface area contributed by atoms with Crippen molar-refractivity contribution in [2.75, 3.05) is 26.2 Å². The smallest absolute Gasteiger partial charge is 0.330 e. The maximum Gasteiger partial charge on any atom is 0.330 e. The van der Waals surface area contributed by atoms with Gasteiger partial charge in [-0.25, -0.2) is 4.79 Å². The van der Waals surface area contributed by atoms with E-state index in [1.54, 1.807) is 0 Å². The molecule has 0 aromatic rings. The van der Waals surface area contributed by atoms with E-state index in [2.05, 4.69) is 25.3 Å². The minimum Gasteiger partial charge on any atom is -0.465 e. The van der Waals surface area contributed by atoms with Crippen LogP contribution in [0.4, 0.5) is 0 Å². The van der Waals surface area contributed by atoms with E-state index >= 15 is 0 Å². The molecule has 6 atom stereocenters. The molecule has 0 amide bonds. The molecule has 3 saturated carbocycles. The second-order valence-electron chi connectivity index (χ2n) is 10.6. The summed E-state index contributed by atoms with van der Waals surface area (Å²) in [6, 6.07) is 0. The molecule has 5 nitrogen and oxygen atoms in total. The summed E-state index contributed by atoms with van der Waals surface area (Å²) in [7, 11) is 0. The maximum atomic E-state index is 12.6. The minimum absolute atomic E-state index is 0.0351. The number of carbonyl (C=O) groups excluding carboxylic acids is 2. The molecule has 0 heterocycles. The van der Waals surface area contributed by atoms with Crippen LogP contribution < -0.4 is 0 Å². The van der Waals surface area contributed by atoms with Crippen molar-refractivity contribution in [3.8, 4) is 0 Å². The summed E-state index contributed by atoms with van der Waals surface area (Å²) < 4.78 is 11.5. The predicted molar refractivity (Wildman–Crippen MR) is 127 cm³/mol. The summed E-state index contributed by atoms with van der Waals surface area (Å²) in [6.45, 7) is 13.5. The molecule has 3 fully saturated rings. The van der Waals surface area contributed by atoms with E-state index in [9.17, 15) is 9.59 Å². The van der Waals surface area contributed by atoms with Crippen molar-refractivity contribution in [3.63, 3.8) is 0 Å². The lowest BCUT2D eigenvalue weighted by molar-refractivity contribution is -0.150. The van der Waals surface area contributed by atoms with Crippen LogP contribution in [-0.2, 0) is 19.1 Å². The average Bonchev–Trinajstić information content (AvgIpc) is 3.49. The van der Waals surface area contributed by atoms with Crippen molar-refractivity contribution in [1.29, 1.82) is 0 Å².